The third-order valence-electron chi connectivity index (χ3n) is 6.22. The number of benzene rings is 1. The number of carbonyl (C=O) groups excluding carboxylic acids is 2. The van der Waals surface area contributed by atoms with E-state index in [1.807, 2.05) is 57.2 Å². The number of aromatic nitrogens is 1. The number of Topliss-reactive ketones (excluding diaryl/α,β-unsaturated/α-hetero) is 1. The zero-order valence-electron chi connectivity index (χ0n) is 19.6. The molecule has 1 N–H and O–H groups in total. The van der Waals surface area contributed by atoms with Gasteiger partial charge in [-0.2, -0.15) is 0 Å². The minimum Gasteiger partial charge on any atom is -0.497 e. The van der Waals surface area contributed by atoms with Crippen molar-refractivity contribution >= 4 is 11.8 Å². The zero-order chi connectivity index (χ0) is 23.5. The third-order valence-corrected chi connectivity index (χ3v) is 6.22. The number of hydrogen-bond acceptors (Lipinski definition) is 6. The molecule has 2 atom stereocenters. The monoisotopic (exact) mass is 446 g/mol. The van der Waals surface area contributed by atoms with Gasteiger partial charge in [-0.1, -0.05) is 26.0 Å². The number of hydrogen-bond donors (Lipinski definition) is 1. The fourth-order valence-electron chi connectivity index (χ4n) is 4.63. The van der Waals surface area contributed by atoms with Crippen molar-refractivity contribution in [3.63, 3.8) is 0 Å². The molecule has 1 aliphatic carbocycles. The number of esters is 1. The number of allylic oxidation sites excluding steroid dienone is 3. The lowest BCUT2D eigenvalue weighted by atomic mass is 9.72. The predicted molar refractivity (Wildman–Crippen MR) is 126 cm³/mol. The lowest BCUT2D eigenvalue weighted by Crippen LogP contribution is -2.36. The van der Waals surface area contributed by atoms with Crippen LogP contribution in [0, 0.1) is 5.92 Å². The molecular weight excluding hydrogens is 416 g/mol. The summed E-state index contributed by atoms with van der Waals surface area (Å²) < 4.78 is 10.9. The standard InChI is InChI=1S/C27H30N2O4/c1-16(2)15-33-27(31)24-17(3)29-22-13-20(18-5-7-21(32-4)8-6-18)14-23(30)26(22)25(24)19-9-11-28-12-10-19/h5-12,16,20,25,29H,13-15H2,1-4H3/t20-,25-/m0/s1. The van der Waals surface area contributed by atoms with Crippen molar-refractivity contribution < 1.29 is 19.1 Å². The molecule has 0 bridgehead atoms. The van der Waals surface area contributed by atoms with E-state index in [-0.39, 0.29) is 23.6 Å². The Bertz CT molecular complexity index is 1100. The van der Waals surface area contributed by atoms with Gasteiger partial charge < -0.3 is 14.8 Å². The van der Waals surface area contributed by atoms with Gasteiger partial charge in [-0.05, 0) is 60.6 Å². The molecule has 0 unspecified atom stereocenters. The molecule has 0 radical (unpaired) electrons. The highest BCUT2D eigenvalue weighted by Crippen LogP contribution is 2.45. The number of nitrogens with zero attached hydrogens (tertiary/aromatic N) is 1. The van der Waals surface area contributed by atoms with E-state index in [2.05, 4.69) is 10.3 Å². The number of dihydropyridines is 1. The average molecular weight is 447 g/mol. The molecule has 2 aliphatic rings. The minimum atomic E-state index is -0.465. The van der Waals surface area contributed by atoms with Crippen LogP contribution >= 0.6 is 0 Å². The summed E-state index contributed by atoms with van der Waals surface area (Å²) in [6.07, 6.45) is 4.47. The number of ether oxygens (including phenoxy) is 2. The molecule has 2 heterocycles. The molecule has 0 saturated carbocycles. The second-order valence-corrected chi connectivity index (χ2v) is 9.06. The van der Waals surface area contributed by atoms with Crippen molar-refractivity contribution in [3.05, 3.63) is 82.5 Å². The summed E-state index contributed by atoms with van der Waals surface area (Å²) in [4.78, 5) is 30.8. The van der Waals surface area contributed by atoms with Gasteiger partial charge in [0.15, 0.2) is 5.78 Å². The number of rotatable bonds is 6. The van der Waals surface area contributed by atoms with Crippen molar-refractivity contribution in [2.75, 3.05) is 13.7 Å². The maximum atomic E-state index is 13.5. The first-order chi connectivity index (χ1) is 15.9. The molecule has 0 spiro atoms. The van der Waals surface area contributed by atoms with Crippen molar-refractivity contribution in [3.8, 4) is 5.75 Å². The molecule has 33 heavy (non-hydrogen) atoms. The minimum absolute atomic E-state index is 0.0491. The molecule has 1 aromatic carbocycles. The molecule has 2 aromatic rings. The number of ketones is 1. The van der Waals surface area contributed by atoms with Gasteiger partial charge in [0, 0.05) is 41.7 Å². The Labute approximate surface area is 194 Å². The van der Waals surface area contributed by atoms with Gasteiger partial charge in [0.25, 0.3) is 0 Å². The molecule has 0 amide bonds. The Morgan fingerprint density at radius 2 is 1.79 bits per heavy atom. The molecular formula is C27H30N2O4. The third kappa shape index (κ3) is 4.70. The molecule has 6 nitrogen and oxygen atoms in total. The van der Waals surface area contributed by atoms with Gasteiger partial charge in [-0.3, -0.25) is 9.78 Å². The predicted octanol–water partition coefficient (Wildman–Crippen LogP) is 4.65. The number of carbonyl (C=O) groups is 2. The Hall–Kier alpha value is -3.41. The van der Waals surface area contributed by atoms with Gasteiger partial charge in [0.1, 0.15) is 5.75 Å². The lowest BCUT2D eigenvalue weighted by molar-refractivity contribution is -0.140. The van der Waals surface area contributed by atoms with Gasteiger partial charge in [0.05, 0.1) is 19.3 Å². The molecule has 0 fully saturated rings. The summed E-state index contributed by atoms with van der Waals surface area (Å²) in [5, 5.41) is 3.39. The van der Waals surface area contributed by atoms with Gasteiger partial charge in [-0.25, -0.2) is 4.79 Å². The SMILES string of the molecule is COc1ccc([C@@H]2CC(=O)C3=C(C2)NC(C)=C(C(=O)OCC(C)C)[C@@H]3c2ccncc2)cc1. The summed E-state index contributed by atoms with van der Waals surface area (Å²) in [6.45, 7) is 6.21. The molecule has 1 aliphatic heterocycles. The maximum absolute atomic E-state index is 13.5. The van der Waals surface area contributed by atoms with Crippen LogP contribution in [-0.2, 0) is 14.3 Å². The van der Waals surface area contributed by atoms with Crippen LogP contribution in [0.3, 0.4) is 0 Å². The highest BCUT2D eigenvalue weighted by Gasteiger charge is 2.41. The highest BCUT2D eigenvalue weighted by atomic mass is 16.5. The first-order valence-electron chi connectivity index (χ1n) is 11.3. The van der Waals surface area contributed by atoms with Crippen LogP contribution < -0.4 is 10.1 Å². The maximum Gasteiger partial charge on any atom is 0.336 e. The summed E-state index contributed by atoms with van der Waals surface area (Å²) in [6, 6.07) is 11.6. The summed E-state index contributed by atoms with van der Waals surface area (Å²) >= 11 is 0. The first kappa shape index (κ1) is 22.8. The summed E-state index contributed by atoms with van der Waals surface area (Å²) in [5.74, 6) is 0.281. The Balaban J connectivity index is 1.72. The molecule has 0 saturated heterocycles. The lowest BCUT2D eigenvalue weighted by Gasteiger charge is -2.36. The normalized spacial score (nSPS) is 20.5. The van der Waals surface area contributed by atoms with E-state index in [0.717, 1.165) is 28.3 Å². The average Bonchev–Trinajstić information content (AvgIpc) is 2.82. The second-order valence-electron chi connectivity index (χ2n) is 9.06. The summed E-state index contributed by atoms with van der Waals surface area (Å²) in [7, 11) is 1.64. The van der Waals surface area contributed by atoms with Crippen LogP contribution in [0.2, 0.25) is 0 Å². The fraction of sp³-hybridized carbons (Fsp3) is 0.370. The molecule has 4 rings (SSSR count). The Kier molecular flexibility index (Phi) is 6.63. The van der Waals surface area contributed by atoms with Crippen LogP contribution in [0.5, 0.6) is 5.75 Å². The van der Waals surface area contributed by atoms with Crippen molar-refractivity contribution in [1.82, 2.24) is 10.3 Å². The van der Waals surface area contributed by atoms with E-state index in [4.69, 9.17) is 9.47 Å². The molecule has 6 heteroatoms. The topological polar surface area (TPSA) is 77.5 Å². The number of pyridine rings is 1. The van der Waals surface area contributed by atoms with Crippen LogP contribution in [0.15, 0.2) is 71.3 Å². The molecule has 172 valence electrons. The van der Waals surface area contributed by atoms with E-state index >= 15 is 0 Å². The second kappa shape index (κ2) is 9.61. The van der Waals surface area contributed by atoms with Gasteiger partial charge in [-0.15, -0.1) is 0 Å². The van der Waals surface area contributed by atoms with Crippen molar-refractivity contribution in [2.24, 2.45) is 5.92 Å². The Morgan fingerprint density at radius 1 is 1.09 bits per heavy atom. The van der Waals surface area contributed by atoms with E-state index in [0.29, 0.717) is 30.6 Å². The van der Waals surface area contributed by atoms with Gasteiger partial charge >= 0.3 is 5.97 Å². The zero-order valence-corrected chi connectivity index (χ0v) is 19.6. The van der Waals surface area contributed by atoms with Crippen LogP contribution in [0.25, 0.3) is 0 Å². The van der Waals surface area contributed by atoms with E-state index in [1.54, 1.807) is 19.5 Å². The van der Waals surface area contributed by atoms with Crippen molar-refractivity contribution in [1.29, 1.82) is 0 Å². The van der Waals surface area contributed by atoms with Crippen LogP contribution in [-0.4, -0.2) is 30.5 Å². The van der Waals surface area contributed by atoms with Crippen LogP contribution in [0.1, 0.15) is 56.6 Å². The first-order valence-corrected chi connectivity index (χ1v) is 11.3. The fourth-order valence-corrected chi connectivity index (χ4v) is 4.63. The smallest absolute Gasteiger partial charge is 0.336 e. The number of nitrogens with one attached hydrogen (secondary N) is 1. The van der Waals surface area contributed by atoms with Crippen LogP contribution in [0.4, 0.5) is 0 Å². The molecule has 1 aromatic heterocycles. The van der Waals surface area contributed by atoms with Gasteiger partial charge in [0.2, 0.25) is 0 Å². The van der Waals surface area contributed by atoms with Crippen molar-refractivity contribution in [2.45, 2.75) is 45.4 Å². The largest absolute Gasteiger partial charge is 0.497 e. The van der Waals surface area contributed by atoms with E-state index in [1.165, 1.54) is 0 Å². The van der Waals surface area contributed by atoms with E-state index < -0.39 is 5.92 Å². The highest BCUT2D eigenvalue weighted by molar-refractivity contribution is 6.04. The quantitative estimate of drug-likeness (QED) is 0.651. The Morgan fingerprint density at radius 3 is 2.42 bits per heavy atom. The van der Waals surface area contributed by atoms with E-state index in [9.17, 15) is 9.59 Å². The number of methoxy groups -OCH3 is 1. The summed E-state index contributed by atoms with van der Waals surface area (Å²) in [5.41, 5.74) is 4.73.